The van der Waals surface area contributed by atoms with Gasteiger partial charge in [-0.25, -0.2) is 0 Å². The van der Waals surface area contributed by atoms with Crippen LogP contribution in [0.5, 0.6) is 0 Å². The van der Waals surface area contributed by atoms with Crippen LogP contribution in [-0.2, 0) is 0 Å². The Morgan fingerprint density at radius 1 is 0.253 bits per heavy atom. The molecule has 0 radical (unpaired) electrons. The quantitative estimate of drug-likeness (QED) is 0.128. The van der Waals surface area contributed by atoms with Crippen molar-refractivity contribution in [3.8, 4) is 55.6 Å². The second kappa shape index (κ2) is 19.4. The number of anilines is 6. The summed E-state index contributed by atoms with van der Waals surface area (Å²) in [6.07, 6.45) is 0. The van der Waals surface area contributed by atoms with Crippen molar-refractivity contribution >= 4 is 107 Å². The molecule has 0 N–H and O–H groups in total. The summed E-state index contributed by atoms with van der Waals surface area (Å²) < 4.78 is 14.5. The molecule has 0 fully saturated rings. The van der Waals surface area contributed by atoms with Crippen LogP contribution < -0.4 is 20.2 Å². The summed E-state index contributed by atoms with van der Waals surface area (Å²) in [4.78, 5) is 4.91. The highest BCUT2D eigenvalue weighted by atomic mass is 28.3. The lowest BCUT2D eigenvalue weighted by molar-refractivity contribution is 0.670. The molecule has 0 aliphatic carbocycles. The van der Waals surface area contributed by atoms with E-state index in [2.05, 4.69) is 314 Å². The number of nitrogens with zero attached hydrogens (tertiary/aromatic N) is 2. The molecule has 1 aliphatic heterocycles. The fraction of sp³-hybridized carbons (Fsp3) is 0.0256. The third-order valence-electron chi connectivity index (χ3n) is 17.3. The Morgan fingerprint density at radius 2 is 0.639 bits per heavy atom. The van der Waals surface area contributed by atoms with E-state index in [9.17, 15) is 0 Å². The van der Waals surface area contributed by atoms with Crippen LogP contribution in [0.2, 0.25) is 13.1 Å². The van der Waals surface area contributed by atoms with Crippen molar-refractivity contribution in [3.63, 3.8) is 0 Å². The average molecular weight is 1080 g/mol. The van der Waals surface area contributed by atoms with Crippen LogP contribution in [0.3, 0.4) is 0 Å². The number of para-hydroxylation sites is 6. The van der Waals surface area contributed by atoms with E-state index in [1.54, 1.807) is 0 Å². The maximum absolute atomic E-state index is 7.25. The Hall–Kier alpha value is -10.5. The second-order valence-electron chi connectivity index (χ2n) is 22.3. The maximum Gasteiger partial charge on any atom is 0.159 e. The molecule has 2 aromatic heterocycles. The van der Waals surface area contributed by atoms with Gasteiger partial charge in [0.15, 0.2) is 11.2 Å². The first-order valence-electron chi connectivity index (χ1n) is 28.6. The number of fused-ring (bicyclic) bond motifs is 8. The van der Waals surface area contributed by atoms with Crippen LogP contribution in [0.15, 0.2) is 300 Å². The molecule has 3 heterocycles. The zero-order chi connectivity index (χ0) is 55.2. The maximum atomic E-state index is 7.25. The molecule has 1 aliphatic rings. The zero-order valence-corrected chi connectivity index (χ0v) is 46.9. The molecule has 0 amide bonds. The molecule has 16 rings (SSSR count). The van der Waals surface area contributed by atoms with Crippen LogP contribution in [0.4, 0.5) is 34.1 Å². The molecule has 0 bridgehead atoms. The Morgan fingerprint density at radius 3 is 1.17 bits per heavy atom. The Balaban J connectivity index is 0.910. The summed E-state index contributed by atoms with van der Waals surface area (Å²) >= 11 is 0. The minimum Gasteiger partial charge on any atom is -0.453 e. The summed E-state index contributed by atoms with van der Waals surface area (Å²) in [6, 6.07) is 106. The smallest absolute Gasteiger partial charge is 0.159 e. The summed E-state index contributed by atoms with van der Waals surface area (Å²) in [7, 11) is -2.52. The van der Waals surface area contributed by atoms with Crippen molar-refractivity contribution in [2.75, 3.05) is 9.80 Å². The van der Waals surface area contributed by atoms with Crippen molar-refractivity contribution < 1.29 is 8.83 Å². The van der Waals surface area contributed by atoms with E-state index in [1.807, 2.05) is 0 Å². The van der Waals surface area contributed by atoms with Crippen LogP contribution in [0.25, 0.3) is 110 Å². The van der Waals surface area contributed by atoms with E-state index >= 15 is 0 Å². The monoisotopic (exact) mass is 1080 g/mol. The lowest BCUT2D eigenvalue weighted by Gasteiger charge is -2.37. The first kappa shape index (κ1) is 48.4. The Labute approximate surface area is 483 Å². The van der Waals surface area contributed by atoms with Gasteiger partial charge in [-0.15, -0.1) is 0 Å². The van der Waals surface area contributed by atoms with Gasteiger partial charge in [0, 0.05) is 54.9 Å². The third-order valence-corrected chi connectivity index (χ3v) is 20.8. The lowest BCUT2D eigenvalue weighted by Crippen LogP contribution is -2.56. The van der Waals surface area contributed by atoms with Gasteiger partial charge in [0.05, 0.1) is 28.4 Å². The SMILES string of the molecule is C[Si]1(C)c2cc(N(c3ccccc3-c3ccccc3)c3cccc4c3oc3c(-c5ccccc5)cccc34)ccc2-c2ccc(N(c3ccccc3-c3ccccc3)c3cccc4c3oc3c(-c5ccccc5)cccc34)c3cccc1c23. The summed E-state index contributed by atoms with van der Waals surface area (Å²) in [5.74, 6) is 0. The van der Waals surface area contributed by atoms with Crippen molar-refractivity contribution in [2.45, 2.75) is 13.1 Å². The lowest BCUT2D eigenvalue weighted by atomic mass is 9.94. The van der Waals surface area contributed by atoms with Crippen molar-refractivity contribution in [1.29, 1.82) is 0 Å². The molecule has 0 unspecified atom stereocenters. The van der Waals surface area contributed by atoms with Gasteiger partial charge in [0.2, 0.25) is 0 Å². The van der Waals surface area contributed by atoms with E-state index in [-0.39, 0.29) is 0 Å². The standard InChI is InChI=1S/C78H54N2O2Si/c1-83(2)72-45-23-40-66-69(80(68-42-18-16-33-57(68)52-26-9-4-10-27-52)71-44-22-39-65-63-37-20-35-59(76(63)82-78(65)71)54-30-13-6-14-31-54)49-48-61(74(66)72)60-47-46-55(50-73(60)83)79(67-41-17-15-32-56(67)51-24-7-3-8-25-51)70-43-21-38-64-62-36-19-34-58(75(62)81-77(64)70)53-28-11-5-12-29-53/h3-50H,1-2H3. The van der Waals surface area contributed by atoms with E-state index < -0.39 is 8.07 Å². The van der Waals surface area contributed by atoms with Gasteiger partial charge in [-0.1, -0.05) is 262 Å². The fourth-order valence-electron chi connectivity index (χ4n) is 13.4. The predicted octanol–water partition coefficient (Wildman–Crippen LogP) is 21.0. The van der Waals surface area contributed by atoms with E-state index in [1.165, 1.54) is 32.3 Å². The predicted molar refractivity (Wildman–Crippen MR) is 352 cm³/mol. The number of benzene rings is 13. The summed E-state index contributed by atoms with van der Waals surface area (Å²) in [5.41, 5.74) is 21.2. The van der Waals surface area contributed by atoms with Gasteiger partial charge in [-0.2, -0.15) is 0 Å². The molecule has 13 aromatic carbocycles. The molecule has 0 saturated heterocycles. The number of rotatable bonds is 10. The van der Waals surface area contributed by atoms with E-state index in [0.717, 1.165) is 123 Å². The molecule has 83 heavy (non-hydrogen) atoms. The molecule has 392 valence electrons. The number of hydrogen-bond donors (Lipinski definition) is 0. The van der Waals surface area contributed by atoms with Crippen molar-refractivity contribution in [3.05, 3.63) is 291 Å². The normalized spacial score (nSPS) is 12.6. The molecule has 15 aromatic rings. The third kappa shape index (κ3) is 7.73. The van der Waals surface area contributed by atoms with Crippen LogP contribution >= 0.6 is 0 Å². The minimum atomic E-state index is -2.52. The molecular weight excluding hydrogens is 1020 g/mol. The van der Waals surface area contributed by atoms with Crippen LogP contribution in [0.1, 0.15) is 0 Å². The van der Waals surface area contributed by atoms with Gasteiger partial charge in [0.25, 0.3) is 0 Å². The highest BCUT2D eigenvalue weighted by Crippen LogP contribution is 2.51. The topological polar surface area (TPSA) is 32.8 Å². The molecule has 5 heteroatoms. The largest absolute Gasteiger partial charge is 0.453 e. The van der Waals surface area contributed by atoms with Crippen LogP contribution in [0, 0.1) is 0 Å². The van der Waals surface area contributed by atoms with Gasteiger partial charge >= 0.3 is 0 Å². The molecule has 0 atom stereocenters. The Kier molecular flexibility index (Phi) is 11.3. The first-order chi connectivity index (χ1) is 41.0. The van der Waals surface area contributed by atoms with Gasteiger partial charge in [-0.3, -0.25) is 0 Å². The number of furan rings is 2. The van der Waals surface area contributed by atoms with Gasteiger partial charge < -0.3 is 18.6 Å². The van der Waals surface area contributed by atoms with Gasteiger partial charge in [-0.05, 0) is 91.6 Å². The van der Waals surface area contributed by atoms with E-state index in [0.29, 0.717) is 0 Å². The minimum absolute atomic E-state index is 0.843. The zero-order valence-electron chi connectivity index (χ0n) is 45.9. The summed E-state index contributed by atoms with van der Waals surface area (Å²) in [5, 5.41) is 9.64. The first-order valence-corrected chi connectivity index (χ1v) is 31.6. The molecule has 0 spiro atoms. The molecule has 4 nitrogen and oxygen atoms in total. The second-order valence-corrected chi connectivity index (χ2v) is 26.6. The highest BCUT2D eigenvalue weighted by Gasteiger charge is 2.38. The highest BCUT2D eigenvalue weighted by molar-refractivity contribution is 7.03. The fourth-order valence-corrected chi connectivity index (χ4v) is 16.5. The number of hydrogen-bond acceptors (Lipinski definition) is 4. The van der Waals surface area contributed by atoms with Crippen molar-refractivity contribution in [1.82, 2.24) is 0 Å². The van der Waals surface area contributed by atoms with Crippen LogP contribution in [-0.4, -0.2) is 8.07 Å². The molecule has 0 saturated carbocycles. The average Bonchev–Trinajstić information content (AvgIpc) is 1.45. The Bertz CT molecular complexity index is 5010. The summed E-state index contributed by atoms with van der Waals surface area (Å²) in [6.45, 7) is 5.07. The molecular formula is C78H54N2O2Si. The van der Waals surface area contributed by atoms with Gasteiger partial charge in [0.1, 0.15) is 19.2 Å². The van der Waals surface area contributed by atoms with E-state index in [4.69, 9.17) is 8.83 Å². The van der Waals surface area contributed by atoms with Crippen molar-refractivity contribution in [2.24, 2.45) is 0 Å².